The third kappa shape index (κ3) is 3.20. The number of methoxy groups -OCH3 is 2. The number of aliphatic hydroxyl groups is 1. The zero-order valence-corrected chi connectivity index (χ0v) is 12.2. The lowest BCUT2D eigenvalue weighted by molar-refractivity contribution is -0.0191. The summed E-state index contributed by atoms with van der Waals surface area (Å²) >= 11 is 0. The highest BCUT2D eigenvalue weighted by atomic mass is 16.5. The van der Waals surface area contributed by atoms with E-state index in [0.717, 1.165) is 6.07 Å². The number of piperidine rings is 1. The first-order valence-corrected chi connectivity index (χ1v) is 6.82. The fourth-order valence-corrected chi connectivity index (χ4v) is 2.64. The van der Waals surface area contributed by atoms with E-state index < -0.39 is 99.6 Å². The molecule has 2 aliphatic heterocycles. The summed E-state index contributed by atoms with van der Waals surface area (Å²) in [5.74, 6) is -7.53. The molecule has 128 valence electrons. The summed E-state index contributed by atoms with van der Waals surface area (Å²) in [7, 11) is -6.42. The van der Waals surface area contributed by atoms with Gasteiger partial charge in [0.15, 0.2) is 11.5 Å². The summed E-state index contributed by atoms with van der Waals surface area (Å²) < 4.78 is 163. The number of rotatable bonds is 4. The van der Waals surface area contributed by atoms with Gasteiger partial charge in [-0.05, 0) is 54.2 Å². The van der Waals surface area contributed by atoms with Crippen molar-refractivity contribution in [3.8, 4) is 11.5 Å². The number of benzene rings is 1. The molecule has 4 heteroatoms. The second kappa shape index (κ2) is 6.70. The molecule has 4 nitrogen and oxygen atoms in total. The van der Waals surface area contributed by atoms with Gasteiger partial charge in [-0.3, -0.25) is 4.90 Å². The van der Waals surface area contributed by atoms with Crippen LogP contribution in [-0.2, 0) is 6.37 Å². The molecule has 0 aromatic heterocycles. The molecular formula is C19H29NO3. The van der Waals surface area contributed by atoms with Gasteiger partial charge in [-0.15, -0.1) is 0 Å². The first-order valence-electron chi connectivity index (χ1n) is 16.3. The van der Waals surface area contributed by atoms with E-state index in [1.165, 1.54) is 0 Å². The smallest absolute Gasteiger partial charge is 0.161 e. The van der Waals surface area contributed by atoms with Crippen LogP contribution in [0.5, 0.6) is 11.5 Å². The van der Waals surface area contributed by atoms with E-state index in [1.807, 2.05) is 0 Å². The molecule has 1 aromatic carbocycles. The van der Waals surface area contributed by atoms with Gasteiger partial charge in [-0.1, -0.05) is 13.8 Å². The van der Waals surface area contributed by atoms with Crippen molar-refractivity contribution < 1.29 is 40.6 Å². The maximum absolute atomic E-state index is 11.2. The summed E-state index contributed by atoms with van der Waals surface area (Å²) in [6.07, 6.45) is -11.2. The molecule has 4 atom stereocenters. The second-order valence-electron chi connectivity index (χ2n) is 5.24. The number of fused-ring (bicyclic) bond motifs is 3. The third-order valence-corrected chi connectivity index (χ3v) is 3.68. The van der Waals surface area contributed by atoms with Crippen molar-refractivity contribution >= 4 is 0 Å². The lowest BCUT2D eigenvalue weighted by Gasteiger charge is -2.46. The quantitative estimate of drug-likeness (QED) is 0.916. The summed E-state index contributed by atoms with van der Waals surface area (Å²) in [5, 5.41) is 11.2. The molecule has 0 radical (unpaired) electrons. The molecule has 1 saturated heterocycles. The molecule has 2 heterocycles. The molecule has 0 aliphatic carbocycles. The van der Waals surface area contributed by atoms with Crippen LogP contribution in [0.2, 0.25) is 0 Å². The van der Waals surface area contributed by atoms with Gasteiger partial charge in [-0.25, -0.2) is 0 Å². The van der Waals surface area contributed by atoms with Gasteiger partial charge < -0.3 is 14.6 Å². The molecule has 23 heavy (non-hydrogen) atoms. The Hall–Kier alpha value is -1.26. The van der Waals surface area contributed by atoms with Gasteiger partial charge in [0.1, 0.15) is 0 Å². The van der Waals surface area contributed by atoms with Crippen molar-refractivity contribution in [1.29, 1.82) is 0 Å². The van der Waals surface area contributed by atoms with Crippen molar-refractivity contribution in [3.63, 3.8) is 0 Å². The zero-order chi connectivity index (χ0) is 33.1. The molecule has 1 fully saturated rings. The minimum absolute atomic E-state index is 0.187. The highest BCUT2D eigenvalue weighted by Gasteiger charge is 2.38. The highest BCUT2D eigenvalue weighted by Crippen LogP contribution is 2.43. The minimum atomic E-state index is -3.57. The average molecular weight is 339 g/mol. The Kier molecular flexibility index (Phi) is 1.49. The summed E-state index contributed by atoms with van der Waals surface area (Å²) in [4.78, 5) is 0.187. The van der Waals surface area contributed by atoms with Gasteiger partial charge in [0.2, 0.25) is 0 Å². The number of hydrogen-bond donors (Lipinski definition) is 1. The van der Waals surface area contributed by atoms with E-state index in [0.29, 0.717) is 13.0 Å². The van der Waals surface area contributed by atoms with E-state index in [-0.39, 0.29) is 4.90 Å². The SMILES string of the molecule is [2H]C([2H])([2H])Oc1cc2c(cc1OC([2H])([2H])[2H])C([2H])([2H])C([2H])([2H])N1[C@H]2C[C@@]([2H])(O)[C@@H](C([2H])([2H])C([2H])(C)C([2H])([2H])[2H])C1([2H])[2H]. The summed E-state index contributed by atoms with van der Waals surface area (Å²) in [6.45, 7) is -9.82. The topological polar surface area (TPSA) is 41.9 Å². The number of hydrogen-bond acceptors (Lipinski definition) is 4. The second-order valence-corrected chi connectivity index (χ2v) is 5.24. The normalized spacial score (nSPS) is 54.3. The van der Waals surface area contributed by atoms with Crippen LogP contribution in [0.25, 0.3) is 0 Å². The Bertz CT molecular complexity index is 1220. The molecule has 1 unspecified atom stereocenters. The van der Waals surface area contributed by atoms with Crippen LogP contribution in [0.1, 0.15) is 69.8 Å². The fraction of sp³-hybridized carbons (Fsp3) is 0.684. The van der Waals surface area contributed by atoms with E-state index in [9.17, 15) is 5.11 Å². The molecule has 2 aliphatic rings. The monoisotopic (exact) mass is 338 g/mol. The Labute approximate surface area is 166 Å². The first kappa shape index (κ1) is 5.12. The van der Waals surface area contributed by atoms with Crippen LogP contribution in [-0.4, -0.2) is 43.2 Å². The van der Waals surface area contributed by atoms with E-state index in [1.54, 1.807) is 0 Å². The first-order chi connectivity index (χ1) is 18.2. The highest BCUT2D eigenvalue weighted by molar-refractivity contribution is 5.49. The van der Waals surface area contributed by atoms with E-state index in [2.05, 4.69) is 0 Å². The predicted molar refractivity (Wildman–Crippen MR) is 91.1 cm³/mol. The van der Waals surface area contributed by atoms with Gasteiger partial charge in [0.25, 0.3) is 0 Å². The molecule has 1 N–H and O–H groups in total. The van der Waals surface area contributed by atoms with Crippen LogP contribution < -0.4 is 9.47 Å². The molecule has 0 saturated carbocycles. The van der Waals surface area contributed by atoms with Gasteiger partial charge in [-0.2, -0.15) is 0 Å². The summed E-state index contributed by atoms with van der Waals surface area (Å²) in [6, 6.07) is -0.419. The third-order valence-electron chi connectivity index (χ3n) is 3.68. The summed E-state index contributed by atoms with van der Waals surface area (Å²) in [5.41, 5.74) is -1.10. The number of ether oxygens (including phenoxy) is 2. The van der Waals surface area contributed by atoms with Crippen molar-refractivity contribution in [2.45, 2.75) is 45.1 Å². The van der Waals surface area contributed by atoms with Crippen LogP contribution in [0, 0.1) is 11.8 Å². The maximum Gasteiger partial charge on any atom is 0.161 e. The van der Waals surface area contributed by atoms with Crippen LogP contribution in [0.3, 0.4) is 0 Å². The van der Waals surface area contributed by atoms with Crippen molar-refractivity contribution in [2.24, 2.45) is 11.8 Å². The van der Waals surface area contributed by atoms with Crippen molar-refractivity contribution in [3.05, 3.63) is 23.3 Å². The molecule has 0 bridgehead atoms. The minimum Gasteiger partial charge on any atom is -0.493 e. The lowest BCUT2D eigenvalue weighted by atomic mass is 9.79. The molecule has 0 amide bonds. The van der Waals surface area contributed by atoms with Crippen LogP contribution in [0.15, 0.2) is 12.1 Å². The lowest BCUT2D eigenvalue weighted by Crippen LogP contribution is -2.48. The maximum atomic E-state index is 11.2. The van der Waals surface area contributed by atoms with Crippen LogP contribution >= 0.6 is 0 Å². The van der Waals surface area contributed by atoms with E-state index in [4.69, 9.17) is 35.5 Å². The largest absolute Gasteiger partial charge is 0.493 e. The zero-order valence-electron chi connectivity index (χ0n) is 31.2. The Morgan fingerprint density at radius 2 is 2.30 bits per heavy atom. The van der Waals surface area contributed by atoms with E-state index >= 15 is 0 Å². The van der Waals surface area contributed by atoms with Crippen molar-refractivity contribution in [1.82, 2.24) is 4.90 Å². The molecule has 1 aromatic rings. The Balaban J connectivity index is 2.37. The fourth-order valence-electron chi connectivity index (χ4n) is 2.64. The predicted octanol–water partition coefficient (Wildman–Crippen LogP) is 3.03. The van der Waals surface area contributed by atoms with Crippen LogP contribution in [0.4, 0.5) is 0 Å². The van der Waals surface area contributed by atoms with Gasteiger partial charge in [0, 0.05) is 35.5 Å². The number of aryl methyl sites for hydroxylation is 1. The standard InChI is InChI=1S/C19H29NO3/c1-12(2)7-14-11-20-6-5-13-8-18(22-3)19(23-4)9-15(13)16(20)10-17(14)21/h8-9,12,14,16-17,21H,5-7,10-11H2,1-4H3/t14-,16-,17+/m0/s1/i1D3,3D3,4D3,5D2,6D2,7D2,11D2,12D,17D/t12?,14-,16-,17+. The molecular weight excluding hydrogens is 290 g/mol. The van der Waals surface area contributed by atoms with Crippen molar-refractivity contribution in [2.75, 3.05) is 27.1 Å². The van der Waals surface area contributed by atoms with Gasteiger partial charge >= 0.3 is 0 Å². The van der Waals surface area contributed by atoms with Gasteiger partial charge in [0.05, 0.1) is 29.8 Å². The Morgan fingerprint density at radius 1 is 1.52 bits per heavy atom. The number of nitrogens with zero attached hydrogens (tertiary/aromatic N) is 1. The average Bonchev–Trinajstić information content (AvgIpc) is 2.68. The molecule has 0 spiro atoms. The Morgan fingerprint density at radius 3 is 3.04 bits per heavy atom. The molecule has 3 rings (SSSR count).